The first-order valence-corrected chi connectivity index (χ1v) is 8.05. The van der Waals surface area contributed by atoms with Crippen LogP contribution < -0.4 is 4.72 Å². The van der Waals surface area contributed by atoms with Crippen LogP contribution in [0.4, 0.5) is 4.39 Å². The summed E-state index contributed by atoms with van der Waals surface area (Å²) in [5, 5.41) is 0. The number of hydrogen-bond donors (Lipinski definition) is 1. The summed E-state index contributed by atoms with van der Waals surface area (Å²) < 4.78 is 39.0. The average Bonchev–Trinajstić information content (AvgIpc) is 2.80. The molecule has 0 bridgehead atoms. The minimum Gasteiger partial charge on any atom is -0.211 e. The van der Waals surface area contributed by atoms with E-state index in [0.29, 0.717) is 12.5 Å². The van der Waals surface area contributed by atoms with Gasteiger partial charge in [-0.1, -0.05) is 0 Å². The second-order valence-corrected chi connectivity index (χ2v) is 6.95. The fraction of sp³-hybridized carbons (Fsp3) is 0.455. The molecule has 2 rings (SSSR count). The zero-order valence-corrected chi connectivity index (χ0v) is 10.9. The van der Waals surface area contributed by atoms with Crippen LogP contribution in [-0.2, 0) is 10.0 Å². The van der Waals surface area contributed by atoms with E-state index in [0.717, 1.165) is 30.1 Å². The summed E-state index contributed by atoms with van der Waals surface area (Å²) in [7, 11) is -3.49. The van der Waals surface area contributed by atoms with Crippen molar-refractivity contribution in [3.8, 4) is 0 Å². The van der Waals surface area contributed by atoms with Gasteiger partial charge in [0, 0.05) is 6.54 Å². The van der Waals surface area contributed by atoms with Crippen LogP contribution in [0.1, 0.15) is 6.42 Å². The molecule has 1 heterocycles. The maximum absolute atomic E-state index is 12.7. The van der Waals surface area contributed by atoms with E-state index in [1.165, 1.54) is 12.1 Å². The third-order valence-corrected chi connectivity index (χ3v) is 5.38. The summed E-state index contributed by atoms with van der Waals surface area (Å²) in [5.74, 6) is 2.08. The van der Waals surface area contributed by atoms with E-state index in [4.69, 9.17) is 0 Å². The Morgan fingerprint density at radius 1 is 1.35 bits per heavy atom. The number of nitrogens with one attached hydrogen (secondary N) is 1. The molecule has 1 aliphatic rings. The van der Waals surface area contributed by atoms with Crippen molar-refractivity contribution in [2.75, 3.05) is 18.1 Å². The number of hydrogen-bond acceptors (Lipinski definition) is 3. The van der Waals surface area contributed by atoms with Gasteiger partial charge < -0.3 is 0 Å². The summed E-state index contributed by atoms with van der Waals surface area (Å²) in [6.45, 7) is 0.465. The molecule has 1 N–H and O–H groups in total. The van der Waals surface area contributed by atoms with E-state index in [2.05, 4.69) is 4.72 Å². The molecule has 17 heavy (non-hydrogen) atoms. The predicted molar refractivity (Wildman–Crippen MR) is 67.0 cm³/mol. The molecule has 1 unspecified atom stereocenters. The number of sulfonamides is 1. The number of benzene rings is 1. The quantitative estimate of drug-likeness (QED) is 0.912. The molecule has 94 valence electrons. The summed E-state index contributed by atoms with van der Waals surface area (Å²) >= 11 is 1.85. The van der Waals surface area contributed by atoms with Gasteiger partial charge in [-0.2, -0.15) is 11.8 Å². The maximum atomic E-state index is 12.7. The molecule has 1 aliphatic heterocycles. The highest BCUT2D eigenvalue weighted by atomic mass is 32.2. The second kappa shape index (κ2) is 5.37. The van der Waals surface area contributed by atoms with Crippen molar-refractivity contribution in [3.05, 3.63) is 30.1 Å². The normalized spacial score (nSPS) is 20.6. The van der Waals surface area contributed by atoms with Crippen LogP contribution in [-0.4, -0.2) is 26.5 Å². The molecule has 1 aromatic rings. The van der Waals surface area contributed by atoms with Gasteiger partial charge in [0.2, 0.25) is 10.0 Å². The van der Waals surface area contributed by atoms with E-state index in [1.54, 1.807) is 0 Å². The molecule has 1 aromatic carbocycles. The second-order valence-electron chi connectivity index (χ2n) is 4.04. The molecule has 1 fully saturated rings. The summed E-state index contributed by atoms with van der Waals surface area (Å²) in [5.41, 5.74) is 0. The van der Waals surface area contributed by atoms with Crippen molar-refractivity contribution in [1.82, 2.24) is 4.72 Å². The number of thioether (sulfide) groups is 1. The summed E-state index contributed by atoms with van der Waals surface area (Å²) in [6.07, 6.45) is 1.05. The molecular weight excluding hydrogens is 261 g/mol. The van der Waals surface area contributed by atoms with Crippen LogP contribution in [0.2, 0.25) is 0 Å². The molecule has 0 spiro atoms. The van der Waals surface area contributed by atoms with Gasteiger partial charge in [0.1, 0.15) is 5.82 Å². The predicted octanol–water partition coefficient (Wildman–Crippen LogP) is 1.86. The molecule has 0 aliphatic carbocycles. The van der Waals surface area contributed by atoms with E-state index in [-0.39, 0.29) is 4.90 Å². The van der Waals surface area contributed by atoms with Gasteiger partial charge in [0.15, 0.2) is 0 Å². The first kappa shape index (κ1) is 12.9. The Morgan fingerprint density at radius 3 is 2.65 bits per heavy atom. The first-order valence-electron chi connectivity index (χ1n) is 5.41. The molecule has 0 saturated carbocycles. The van der Waals surface area contributed by atoms with Gasteiger partial charge >= 0.3 is 0 Å². The van der Waals surface area contributed by atoms with Gasteiger partial charge in [-0.3, -0.25) is 0 Å². The van der Waals surface area contributed by atoms with Crippen LogP contribution in [0.15, 0.2) is 29.2 Å². The Morgan fingerprint density at radius 2 is 2.06 bits per heavy atom. The van der Waals surface area contributed by atoms with Crippen LogP contribution in [0.3, 0.4) is 0 Å². The van der Waals surface area contributed by atoms with Crippen molar-refractivity contribution in [3.63, 3.8) is 0 Å². The largest absolute Gasteiger partial charge is 0.240 e. The average molecular weight is 275 g/mol. The molecule has 3 nitrogen and oxygen atoms in total. The maximum Gasteiger partial charge on any atom is 0.240 e. The van der Waals surface area contributed by atoms with Crippen molar-refractivity contribution in [2.24, 2.45) is 5.92 Å². The standard InChI is InChI=1S/C11H14FNO2S2/c12-10-1-3-11(4-2-10)17(14,15)13-7-9-5-6-16-8-9/h1-4,9,13H,5-8H2. The fourth-order valence-corrected chi connectivity index (χ4v) is 4.07. The Balaban J connectivity index is 2.00. The fourth-order valence-electron chi connectivity index (χ4n) is 1.67. The van der Waals surface area contributed by atoms with E-state index < -0.39 is 15.8 Å². The Labute approximate surface area is 105 Å². The summed E-state index contributed by atoms with van der Waals surface area (Å²) in [4.78, 5) is 0.115. The van der Waals surface area contributed by atoms with Crippen molar-refractivity contribution < 1.29 is 12.8 Å². The minimum absolute atomic E-state index is 0.115. The zero-order valence-electron chi connectivity index (χ0n) is 9.23. The van der Waals surface area contributed by atoms with Gasteiger partial charge in [-0.05, 0) is 48.1 Å². The van der Waals surface area contributed by atoms with Crippen molar-refractivity contribution in [1.29, 1.82) is 0 Å². The highest BCUT2D eigenvalue weighted by Crippen LogP contribution is 2.23. The van der Waals surface area contributed by atoms with Crippen LogP contribution in [0, 0.1) is 11.7 Å². The van der Waals surface area contributed by atoms with E-state index >= 15 is 0 Å². The monoisotopic (exact) mass is 275 g/mol. The van der Waals surface area contributed by atoms with E-state index in [1.807, 2.05) is 11.8 Å². The smallest absolute Gasteiger partial charge is 0.211 e. The van der Waals surface area contributed by atoms with Crippen molar-refractivity contribution >= 4 is 21.8 Å². The Hall–Kier alpha value is -0.590. The van der Waals surface area contributed by atoms with Gasteiger partial charge in [-0.15, -0.1) is 0 Å². The van der Waals surface area contributed by atoms with Gasteiger partial charge in [0.25, 0.3) is 0 Å². The van der Waals surface area contributed by atoms with Crippen LogP contribution in [0.5, 0.6) is 0 Å². The number of rotatable bonds is 4. The highest BCUT2D eigenvalue weighted by Gasteiger charge is 2.19. The Kier molecular flexibility index (Phi) is 4.06. The lowest BCUT2D eigenvalue weighted by Gasteiger charge is -2.10. The van der Waals surface area contributed by atoms with Gasteiger partial charge in [-0.25, -0.2) is 17.5 Å². The highest BCUT2D eigenvalue weighted by molar-refractivity contribution is 7.99. The van der Waals surface area contributed by atoms with Gasteiger partial charge in [0.05, 0.1) is 4.90 Å². The third kappa shape index (κ3) is 3.43. The number of halogens is 1. The van der Waals surface area contributed by atoms with Crippen LogP contribution in [0.25, 0.3) is 0 Å². The molecule has 6 heteroatoms. The molecular formula is C11H14FNO2S2. The molecule has 1 saturated heterocycles. The van der Waals surface area contributed by atoms with Crippen LogP contribution >= 0.6 is 11.8 Å². The minimum atomic E-state index is -3.49. The third-order valence-electron chi connectivity index (χ3n) is 2.71. The SMILES string of the molecule is O=S(=O)(NCC1CCSC1)c1ccc(F)cc1. The topological polar surface area (TPSA) is 46.2 Å². The van der Waals surface area contributed by atoms with Crippen molar-refractivity contribution in [2.45, 2.75) is 11.3 Å². The summed E-state index contributed by atoms with van der Waals surface area (Å²) in [6, 6.07) is 4.86. The molecule has 0 amide bonds. The lowest BCUT2D eigenvalue weighted by molar-refractivity contribution is 0.545. The Bertz CT molecular complexity index is 467. The molecule has 1 atom stereocenters. The first-order chi connectivity index (χ1) is 8.08. The van der Waals surface area contributed by atoms with E-state index in [9.17, 15) is 12.8 Å². The lowest BCUT2D eigenvalue weighted by Crippen LogP contribution is -2.29. The lowest BCUT2D eigenvalue weighted by atomic mass is 10.1. The zero-order chi connectivity index (χ0) is 12.3. The molecule has 0 aromatic heterocycles. The molecule has 0 radical (unpaired) electrons.